The summed E-state index contributed by atoms with van der Waals surface area (Å²) in [5.41, 5.74) is 0.967. The minimum atomic E-state index is -0.381. The molecule has 1 aromatic carbocycles. The van der Waals surface area contributed by atoms with Crippen molar-refractivity contribution >= 4 is 11.6 Å². The molecular formula is C17H25ClN2O. The number of rotatable bonds is 5. The molecule has 0 aromatic heterocycles. The smallest absolute Gasteiger partial charge is 0.0802 e. The zero-order valence-electron chi connectivity index (χ0n) is 12.5. The predicted octanol–water partition coefficient (Wildman–Crippen LogP) is 2.93. The molecule has 0 spiro atoms. The molecule has 2 fully saturated rings. The lowest BCUT2D eigenvalue weighted by Crippen LogP contribution is -2.35. The Morgan fingerprint density at radius 1 is 1.14 bits per heavy atom. The molecule has 3 nitrogen and oxygen atoms in total. The highest BCUT2D eigenvalue weighted by Crippen LogP contribution is 2.23. The van der Waals surface area contributed by atoms with E-state index in [2.05, 4.69) is 9.80 Å². The number of aliphatic hydroxyl groups is 1. The first-order chi connectivity index (χ1) is 10.2. The topological polar surface area (TPSA) is 26.7 Å². The molecule has 2 unspecified atom stereocenters. The third-order valence-corrected chi connectivity index (χ3v) is 5.13. The van der Waals surface area contributed by atoms with Crippen LogP contribution in [0.25, 0.3) is 0 Å². The van der Waals surface area contributed by atoms with Gasteiger partial charge in [0.05, 0.1) is 6.10 Å². The first kappa shape index (κ1) is 15.3. The Morgan fingerprint density at radius 2 is 1.86 bits per heavy atom. The molecule has 1 N–H and O–H groups in total. The molecule has 2 aliphatic rings. The summed E-state index contributed by atoms with van der Waals surface area (Å²) in [6.45, 7) is 5.90. The maximum Gasteiger partial charge on any atom is 0.0802 e. The lowest BCUT2D eigenvalue weighted by molar-refractivity contribution is 0.145. The van der Waals surface area contributed by atoms with Crippen LogP contribution >= 0.6 is 11.6 Å². The highest BCUT2D eigenvalue weighted by Gasteiger charge is 2.29. The maximum absolute atomic E-state index is 10.3. The molecule has 4 heteroatoms. The second kappa shape index (κ2) is 7.10. The third kappa shape index (κ3) is 3.98. The number of hydrogen-bond acceptors (Lipinski definition) is 3. The second-order valence-electron chi connectivity index (χ2n) is 6.34. The molecule has 0 aliphatic carbocycles. The van der Waals surface area contributed by atoms with E-state index in [1.165, 1.54) is 45.4 Å². The summed E-state index contributed by atoms with van der Waals surface area (Å²) in [7, 11) is 0. The lowest BCUT2D eigenvalue weighted by atomic mass is 10.1. The van der Waals surface area contributed by atoms with E-state index in [9.17, 15) is 5.11 Å². The minimum absolute atomic E-state index is 0.381. The molecule has 0 radical (unpaired) electrons. The molecule has 2 heterocycles. The van der Waals surface area contributed by atoms with E-state index in [1.54, 1.807) is 0 Å². The fraction of sp³-hybridized carbons (Fsp3) is 0.647. The number of aliphatic hydroxyl groups excluding tert-OH is 1. The molecule has 2 aliphatic heterocycles. The van der Waals surface area contributed by atoms with Crippen LogP contribution in [0.5, 0.6) is 0 Å². The SMILES string of the molecule is OC(CCN1CCC(N2CCCC2)C1)c1ccc(Cl)cc1. The average molecular weight is 309 g/mol. The van der Waals surface area contributed by atoms with Crippen LogP contribution < -0.4 is 0 Å². The zero-order chi connectivity index (χ0) is 14.7. The average Bonchev–Trinajstić information content (AvgIpc) is 3.16. The summed E-state index contributed by atoms with van der Waals surface area (Å²) >= 11 is 5.88. The monoisotopic (exact) mass is 308 g/mol. The van der Waals surface area contributed by atoms with Crippen molar-refractivity contribution in [1.29, 1.82) is 0 Å². The van der Waals surface area contributed by atoms with Gasteiger partial charge in [-0.2, -0.15) is 0 Å². The van der Waals surface area contributed by atoms with Crippen molar-refractivity contribution in [3.8, 4) is 0 Å². The fourth-order valence-electron chi connectivity index (χ4n) is 3.58. The molecule has 0 saturated carbocycles. The summed E-state index contributed by atoms with van der Waals surface area (Å²) in [6.07, 6.45) is 4.44. The number of hydrogen-bond donors (Lipinski definition) is 1. The van der Waals surface area contributed by atoms with Gasteiger partial charge in [0.2, 0.25) is 0 Å². The van der Waals surface area contributed by atoms with E-state index < -0.39 is 0 Å². The van der Waals surface area contributed by atoms with Crippen LogP contribution in [0.2, 0.25) is 5.02 Å². The summed E-state index contributed by atoms with van der Waals surface area (Å²) in [5, 5.41) is 11.0. The van der Waals surface area contributed by atoms with Crippen LogP contribution in [0.3, 0.4) is 0 Å². The fourth-order valence-corrected chi connectivity index (χ4v) is 3.70. The number of likely N-dealkylation sites (tertiary alicyclic amines) is 2. The Kier molecular flexibility index (Phi) is 5.17. The zero-order valence-corrected chi connectivity index (χ0v) is 13.3. The highest BCUT2D eigenvalue weighted by molar-refractivity contribution is 6.30. The van der Waals surface area contributed by atoms with Crippen LogP contribution in [0.1, 0.15) is 37.4 Å². The van der Waals surface area contributed by atoms with Crippen molar-refractivity contribution in [3.63, 3.8) is 0 Å². The Bertz CT molecular complexity index is 445. The molecular weight excluding hydrogens is 284 g/mol. The summed E-state index contributed by atoms with van der Waals surface area (Å²) in [6, 6.07) is 8.28. The van der Waals surface area contributed by atoms with E-state index in [0.29, 0.717) is 0 Å². The van der Waals surface area contributed by atoms with Crippen LogP contribution in [-0.4, -0.2) is 53.7 Å². The molecule has 2 atom stereocenters. The Hall–Kier alpha value is -0.610. The Labute approximate surface area is 132 Å². The van der Waals surface area contributed by atoms with Gasteiger partial charge in [0.15, 0.2) is 0 Å². The van der Waals surface area contributed by atoms with E-state index >= 15 is 0 Å². The van der Waals surface area contributed by atoms with Gasteiger partial charge in [-0.1, -0.05) is 23.7 Å². The van der Waals surface area contributed by atoms with Crippen molar-refractivity contribution in [2.45, 2.75) is 37.8 Å². The van der Waals surface area contributed by atoms with Gasteiger partial charge in [0.1, 0.15) is 0 Å². The van der Waals surface area contributed by atoms with Gasteiger partial charge < -0.3 is 10.0 Å². The van der Waals surface area contributed by atoms with Crippen LogP contribution in [0, 0.1) is 0 Å². The van der Waals surface area contributed by atoms with Crippen molar-refractivity contribution in [1.82, 2.24) is 9.80 Å². The first-order valence-electron chi connectivity index (χ1n) is 8.12. The first-order valence-corrected chi connectivity index (χ1v) is 8.50. The van der Waals surface area contributed by atoms with E-state index in [4.69, 9.17) is 11.6 Å². The molecule has 2 saturated heterocycles. The molecule has 116 valence electrons. The highest BCUT2D eigenvalue weighted by atomic mass is 35.5. The minimum Gasteiger partial charge on any atom is -0.388 e. The summed E-state index contributed by atoms with van der Waals surface area (Å²) in [4.78, 5) is 5.15. The van der Waals surface area contributed by atoms with Gasteiger partial charge in [-0.05, 0) is 63.0 Å². The Morgan fingerprint density at radius 3 is 2.57 bits per heavy atom. The number of benzene rings is 1. The molecule has 1 aromatic rings. The number of halogens is 1. The van der Waals surface area contributed by atoms with Gasteiger partial charge in [-0.3, -0.25) is 4.90 Å². The van der Waals surface area contributed by atoms with E-state index in [0.717, 1.165) is 29.6 Å². The molecule has 0 amide bonds. The summed E-state index contributed by atoms with van der Waals surface area (Å²) < 4.78 is 0. The maximum atomic E-state index is 10.3. The van der Waals surface area contributed by atoms with E-state index in [-0.39, 0.29) is 6.10 Å². The molecule has 0 bridgehead atoms. The standard InChI is InChI=1S/C17H25ClN2O/c18-15-5-3-14(4-6-15)17(21)8-12-19-11-7-16(13-19)20-9-1-2-10-20/h3-6,16-17,21H,1-2,7-13H2. The number of nitrogens with zero attached hydrogens (tertiary/aromatic N) is 2. The van der Waals surface area contributed by atoms with Crippen molar-refractivity contribution in [3.05, 3.63) is 34.9 Å². The van der Waals surface area contributed by atoms with Gasteiger partial charge in [-0.25, -0.2) is 0 Å². The Balaban J connectivity index is 1.44. The second-order valence-corrected chi connectivity index (χ2v) is 6.78. The van der Waals surface area contributed by atoms with Crippen LogP contribution in [0.4, 0.5) is 0 Å². The van der Waals surface area contributed by atoms with Gasteiger partial charge in [0, 0.05) is 24.2 Å². The van der Waals surface area contributed by atoms with Crippen molar-refractivity contribution in [2.75, 3.05) is 32.7 Å². The lowest BCUT2D eigenvalue weighted by Gasteiger charge is -2.24. The molecule has 21 heavy (non-hydrogen) atoms. The van der Waals surface area contributed by atoms with Crippen molar-refractivity contribution in [2.24, 2.45) is 0 Å². The van der Waals surface area contributed by atoms with Crippen molar-refractivity contribution < 1.29 is 5.11 Å². The predicted molar refractivity (Wildman–Crippen MR) is 86.7 cm³/mol. The molecule has 3 rings (SSSR count). The largest absolute Gasteiger partial charge is 0.388 e. The third-order valence-electron chi connectivity index (χ3n) is 4.88. The van der Waals surface area contributed by atoms with Gasteiger partial charge in [-0.15, -0.1) is 0 Å². The quantitative estimate of drug-likeness (QED) is 0.906. The van der Waals surface area contributed by atoms with Crippen LogP contribution in [0.15, 0.2) is 24.3 Å². The van der Waals surface area contributed by atoms with Gasteiger partial charge in [0.25, 0.3) is 0 Å². The summed E-state index contributed by atoms with van der Waals surface area (Å²) in [5.74, 6) is 0. The van der Waals surface area contributed by atoms with Crippen LogP contribution in [-0.2, 0) is 0 Å². The van der Waals surface area contributed by atoms with Gasteiger partial charge >= 0.3 is 0 Å². The van der Waals surface area contributed by atoms with E-state index in [1.807, 2.05) is 24.3 Å². The normalized spacial score (nSPS) is 25.5.